The van der Waals surface area contributed by atoms with Gasteiger partial charge >= 0.3 is 0 Å². The summed E-state index contributed by atoms with van der Waals surface area (Å²) in [6.45, 7) is 2.83. The highest BCUT2D eigenvalue weighted by molar-refractivity contribution is 9.10. The molecule has 0 radical (unpaired) electrons. The Balaban J connectivity index is 2.22. The quantitative estimate of drug-likeness (QED) is 0.889. The molecule has 6 heteroatoms. The molecule has 2 N–H and O–H groups in total. The van der Waals surface area contributed by atoms with Gasteiger partial charge in [-0.2, -0.15) is 0 Å². The van der Waals surface area contributed by atoms with Gasteiger partial charge < -0.3 is 10.6 Å². The lowest BCUT2D eigenvalue weighted by atomic mass is 10.3. The molecular formula is C12H12BrClN4. The minimum absolute atomic E-state index is 0.641. The van der Waals surface area contributed by atoms with Crippen molar-refractivity contribution >= 4 is 44.9 Å². The van der Waals surface area contributed by atoms with Gasteiger partial charge in [0.2, 0.25) is 0 Å². The molecule has 94 valence electrons. The van der Waals surface area contributed by atoms with E-state index in [1.807, 2.05) is 31.2 Å². The predicted molar refractivity (Wildman–Crippen MR) is 78.6 cm³/mol. The highest BCUT2D eigenvalue weighted by Crippen LogP contribution is 2.28. The molecule has 1 aromatic heterocycles. The maximum Gasteiger partial charge on any atom is 0.135 e. The van der Waals surface area contributed by atoms with Crippen molar-refractivity contribution in [2.24, 2.45) is 0 Å². The van der Waals surface area contributed by atoms with Gasteiger partial charge in [0.25, 0.3) is 0 Å². The minimum Gasteiger partial charge on any atom is -0.370 e. The Bertz CT molecular complexity index is 547. The fourth-order valence-corrected chi connectivity index (χ4v) is 1.96. The van der Waals surface area contributed by atoms with Crippen molar-refractivity contribution in [1.29, 1.82) is 0 Å². The first kappa shape index (κ1) is 13.1. The molecule has 0 aliphatic rings. The molecule has 4 nitrogen and oxygen atoms in total. The highest BCUT2D eigenvalue weighted by Gasteiger charge is 2.03. The number of halogens is 2. The van der Waals surface area contributed by atoms with E-state index in [-0.39, 0.29) is 0 Å². The Morgan fingerprint density at radius 3 is 2.78 bits per heavy atom. The Kier molecular flexibility index (Phi) is 4.38. The molecule has 0 unspecified atom stereocenters. The van der Waals surface area contributed by atoms with E-state index in [9.17, 15) is 0 Å². The predicted octanol–water partition coefficient (Wildman–Crippen LogP) is 4.07. The zero-order valence-corrected chi connectivity index (χ0v) is 12.1. The summed E-state index contributed by atoms with van der Waals surface area (Å²) >= 11 is 9.51. The standard InChI is InChI=1S/C12H12BrClN4/c1-2-15-11-6-12(17-7-16-11)18-10-5-8(13)3-4-9(10)14/h3-7H,2H2,1H3,(H2,15,16,17,18). The number of nitrogens with one attached hydrogen (secondary N) is 2. The van der Waals surface area contributed by atoms with Gasteiger partial charge in [0.1, 0.15) is 18.0 Å². The van der Waals surface area contributed by atoms with Crippen LogP contribution in [0.25, 0.3) is 0 Å². The van der Waals surface area contributed by atoms with Crippen molar-refractivity contribution in [2.45, 2.75) is 6.92 Å². The number of benzene rings is 1. The van der Waals surface area contributed by atoms with E-state index in [1.54, 1.807) is 0 Å². The molecule has 2 rings (SSSR count). The van der Waals surface area contributed by atoms with Crippen LogP contribution in [0, 0.1) is 0 Å². The lowest BCUT2D eigenvalue weighted by Gasteiger charge is -2.09. The summed E-state index contributed by atoms with van der Waals surface area (Å²) in [4.78, 5) is 8.26. The number of hydrogen-bond donors (Lipinski definition) is 2. The van der Waals surface area contributed by atoms with E-state index < -0.39 is 0 Å². The fraction of sp³-hybridized carbons (Fsp3) is 0.167. The summed E-state index contributed by atoms with van der Waals surface area (Å²) in [6, 6.07) is 7.44. The molecule has 0 fully saturated rings. The average molecular weight is 328 g/mol. The Hall–Kier alpha value is -1.33. The summed E-state index contributed by atoms with van der Waals surface area (Å²) < 4.78 is 0.954. The third kappa shape index (κ3) is 3.34. The molecule has 1 heterocycles. The SMILES string of the molecule is CCNc1cc(Nc2cc(Br)ccc2Cl)ncn1. The van der Waals surface area contributed by atoms with Gasteiger partial charge in [0, 0.05) is 17.1 Å². The van der Waals surface area contributed by atoms with Crippen molar-refractivity contribution in [2.75, 3.05) is 17.2 Å². The maximum absolute atomic E-state index is 6.10. The molecule has 0 bridgehead atoms. The molecule has 0 amide bonds. The second-order valence-corrected chi connectivity index (χ2v) is 4.89. The summed E-state index contributed by atoms with van der Waals surface area (Å²) in [5.74, 6) is 1.47. The molecule has 0 aliphatic carbocycles. The second kappa shape index (κ2) is 6.02. The van der Waals surface area contributed by atoms with Crippen LogP contribution in [0.3, 0.4) is 0 Å². The zero-order chi connectivity index (χ0) is 13.0. The normalized spacial score (nSPS) is 10.2. The van der Waals surface area contributed by atoms with Crippen LogP contribution in [0.15, 0.2) is 35.1 Å². The third-order valence-electron chi connectivity index (χ3n) is 2.22. The first-order chi connectivity index (χ1) is 8.69. The van der Waals surface area contributed by atoms with Crippen molar-refractivity contribution < 1.29 is 0 Å². The van der Waals surface area contributed by atoms with E-state index >= 15 is 0 Å². The van der Waals surface area contributed by atoms with Crippen molar-refractivity contribution in [3.8, 4) is 0 Å². The van der Waals surface area contributed by atoms with Crippen LogP contribution in [-0.2, 0) is 0 Å². The van der Waals surface area contributed by atoms with Gasteiger partial charge in [-0.3, -0.25) is 0 Å². The molecule has 0 spiro atoms. The van der Waals surface area contributed by atoms with Gasteiger partial charge in [0.15, 0.2) is 0 Å². The van der Waals surface area contributed by atoms with E-state index in [2.05, 4.69) is 36.5 Å². The van der Waals surface area contributed by atoms with Crippen LogP contribution >= 0.6 is 27.5 Å². The van der Waals surface area contributed by atoms with Crippen molar-refractivity contribution in [3.63, 3.8) is 0 Å². The first-order valence-electron chi connectivity index (χ1n) is 5.47. The van der Waals surface area contributed by atoms with Crippen LogP contribution < -0.4 is 10.6 Å². The minimum atomic E-state index is 0.641. The Labute approximate surface area is 119 Å². The lowest BCUT2D eigenvalue weighted by molar-refractivity contribution is 1.11. The van der Waals surface area contributed by atoms with E-state index in [0.717, 1.165) is 22.5 Å². The highest BCUT2D eigenvalue weighted by atomic mass is 79.9. The van der Waals surface area contributed by atoms with Crippen LogP contribution in [0.4, 0.5) is 17.3 Å². The average Bonchev–Trinajstić information content (AvgIpc) is 2.35. The van der Waals surface area contributed by atoms with Crippen molar-refractivity contribution in [1.82, 2.24) is 9.97 Å². The maximum atomic E-state index is 6.10. The van der Waals surface area contributed by atoms with Crippen molar-refractivity contribution in [3.05, 3.63) is 40.1 Å². The molecule has 0 aliphatic heterocycles. The molecule has 2 aromatic rings. The smallest absolute Gasteiger partial charge is 0.135 e. The Morgan fingerprint density at radius 2 is 2.00 bits per heavy atom. The molecule has 18 heavy (non-hydrogen) atoms. The number of nitrogens with zero attached hydrogens (tertiary/aromatic N) is 2. The van der Waals surface area contributed by atoms with E-state index in [4.69, 9.17) is 11.6 Å². The number of anilines is 3. The molecular weight excluding hydrogens is 316 g/mol. The van der Waals surface area contributed by atoms with Gasteiger partial charge in [-0.15, -0.1) is 0 Å². The number of hydrogen-bond acceptors (Lipinski definition) is 4. The molecule has 0 saturated heterocycles. The fourth-order valence-electron chi connectivity index (χ4n) is 1.43. The van der Waals surface area contributed by atoms with Crippen LogP contribution in [0.5, 0.6) is 0 Å². The Morgan fingerprint density at radius 1 is 1.22 bits per heavy atom. The summed E-state index contributed by atoms with van der Waals surface area (Å²) in [6.07, 6.45) is 1.51. The lowest BCUT2D eigenvalue weighted by Crippen LogP contribution is -2.01. The topological polar surface area (TPSA) is 49.8 Å². The largest absolute Gasteiger partial charge is 0.370 e. The zero-order valence-electron chi connectivity index (χ0n) is 9.74. The molecule has 0 saturated carbocycles. The molecule has 1 aromatic carbocycles. The summed E-state index contributed by atoms with van der Waals surface area (Å²) in [7, 11) is 0. The third-order valence-corrected chi connectivity index (χ3v) is 3.04. The monoisotopic (exact) mass is 326 g/mol. The number of aromatic nitrogens is 2. The van der Waals surface area contributed by atoms with Gasteiger partial charge in [-0.05, 0) is 25.1 Å². The van der Waals surface area contributed by atoms with E-state index in [0.29, 0.717) is 10.8 Å². The molecule has 0 atom stereocenters. The van der Waals surface area contributed by atoms with Crippen LogP contribution in [-0.4, -0.2) is 16.5 Å². The van der Waals surface area contributed by atoms with Gasteiger partial charge in [-0.1, -0.05) is 27.5 Å². The van der Waals surface area contributed by atoms with Gasteiger partial charge in [-0.25, -0.2) is 9.97 Å². The summed E-state index contributed by atoms with van der Waals surface area (Å²) in [5.41, 5.74) is 0.798. The van der Waals surface area contributed by atoms with Crippen LogP contribution in [0.2, 0.25) is 5.02 Å². The number of rotatable bonds is 4. The van der Waals surface area contributed by atoms with Crippen LogP contribution in [0.1, 0.15) is 6.92 Å². The summed E-state index contributed by atoms with van der Waals surface area (Å²) in [5, 5.41) is 6.93. The van der Waals surface area contributed by atoms with Gasteiger partial charge in [0.05, 0.1) is 10.7 Å². The first-order valence-corrected chi connectivity index (χ1v) is 6.64. The van der Waals surface area contributed by atoms with E-state index in [1.165, 1.54) is 6.33 Å². The second-order valence-electron chi connectivity index (χ2n) is 3.57.